The maximum absolute atomic E-state index is 12.1. The lowest BCUT2D eigenvalue weighted by Gasteiger charge is -2.07. The van der Waals surface area contributed by atoms with Gasteiger partial charge in [0.05, 0.1) is 18.8 Å². The molecule has 0 saturated carbocycles. The summed E-state index contributed by atoms with van der Waals surface area (Å²) in [7, 11) is 0. The average molecular weight is 395 g/mol. The molecule has 142 valence electrons. The summed E-state index contributed by atoms with van der Waals surface area (Å²) in [5.74, 6) is -0.656. The Bertz CT molecular complexity index is 747. The molecule has 1 aromatic carbocycles. The molecular formula is C15H14F5N3O2S. The summed E-state index contributed by atoms with van der Waals surface area (Å²) in [4.78, 5) is 16.6. The Balaban J connectivity index is 1.99. The van der Waals surface area contributed by atoms with Crippen LogP contribution in [0.1, 0.15) is 4.88 Å². The van der Waals surface area contributed by atoms with Crippen LogP contribution >= 0.6 is 11.3 Å². The summed E-state index contributed by atoms with van der Waals surface area (Å²) >= 11 is 1.15. The second kappa shape index (κ2) is 8.41. The summed E-state index contributed by atoms with van der Waals surface area (Å²) in [5.41, 5.74) is 1.15. The third-order valence-corrected chi connectivity index (χ3v) is 3.89. The first kappa shape index (κ1) is 20.0. The number of halogens is 5. The number of anilines is 1. The molecule has 1 amide bonds. The molecule has 0 spiro atoms. The first-order valence-electron chi connectivity index (χ1n) is 7.24. The molecule has 1 aromatic heterocycles. The van der Waals surface area contributed by atoms with E-state index < -0.39 is 31.8 Å². The van der Waals surface area contributed by atoms with Crippen LogP contribution in [0.4, 0.5) is 27.1 Å². The molecule has 0 saturated heterocycles. The SMILES string of the molecule is Cc1sc(NC(=O)CNCC(F)(F)F)nc1-c1ccc(OC(F)F)cc1. The van der Waals surface area contributed by atoms with Crippen molar-refractivity contribution in [2.75, 3.05) is 18.4 Å². The standard InChI is InChI=1S/C15H14F5N3O2S/c1-8-12(9-2-4-10(5-3-9)25-13(16)17)23-14(26-8)22-11(24)6-21-7-15(18,19)20/h2-5,13,21H,6-7H2,1H3,(H,22,23,24). The predicted octanol–water partition coefficient (Wildman–Crippen LogP) is 3.81. The first-order valence-corrected chi connectivity index (χ1v) is 8.05. The van der Waals surface area contributed by atoms with Gasteiger partial charge in [0.15, 0.2) is 5.13 Å². The van der Waals surface area contributed by atoms with Crippen molar-refractivity contribution in [1.29, 1.82) is 0 Å². The van der Waals surface area contributed by atoms with E-state index >= 15 is 0 Å². The van der Waals surface area contributed by atoms with E-state index in [1.165, 1.54) is 24.3 Å². The van der Waals surface area contributed by atoms with Crippen molar-refractivity contribution in [1.82, 2.24) is 10.3 Å². The molecule has 0 radical (unpaired) electrons. The van der Waals surface area contributed by atoms with Crippen LogP contribution in [-0.2, 0) is 4.79 Å². The minimum Gasteiger partial charge on any atom is -0.435 e. The van der Waals surface area contributed by atoms with E-state index in [0.717, 1.165) is 16.2 Å². The van der Waals surface area contributed by atoms with Crippen LogP contribution in [0, 0.1) is 6.92 Å². The van der Waals surface area contributed by atoms with Crippen molar-refractivity contribution in [3.8, 4) is 17.0 Å². The highest BCUT2D eigenvalue weighted by Crippen LogP contribution is 2.31. The molecule has 2 N–H and O–H groups in total. The number of alkyl halides is 5. The molecule has 0 bridgehead atoms. The Hall–Kier alpha value is -2.27. The molecule has 0 aliphatic carbocycles. The number of aryl methyl sites for hydroxylation is 1. The molecule has 1 heterocycles. The number of hydrogen-bond acceptors (Lipinski definition) is 5. The van der Waals surface area contributed by atoms with Crippen molar-refractivity contribution in [3.63, 3.8) is 0 Å². The van der Waals surface area contributed by atoms with Gasteiger partial charge in [-0.1, -0.05) is 0 Å². The number of nitrogens with one attached hydrogen (secondary N) is 2. The number of rotatable bonds is 7. The fourth-order valence-electron chi connectivity index (χ4n) is 1.99. The van der Waals surface area contributed by atoms with Crippen LogP contribution in [0.15, 0.2) is 24.3 Å². The highest BCUT2D eigenvalue weighted by molar-refractivity contribution is 7.16. The van der Waals surface area contributed by atoms with E-state index in [4.69, 9.17) is 0 Å². The van der Waals surface area contributed by atoms with Crippen LogP contribution < -0.4 is 15.4 Å². The highest BCUT2D eigenvalue weighted by Gasteiger charge is 2.26. The third-order valence-electron chi connectivity index (χ3n) is 3.01. The van der Waals surface area contributed by atoms with Gasteiger partial charge in [0, 0.05) is 10.4 Å². The Kier molecular flexibility index (Phi) is 6.48. The van der Waals surface area contributed by atoms with Crippen molar-refractivity contribution in [2.24, 2.45) is 0 Å². The number of amides is 1. The number of carbonyl (C=O) groups excluding carboxylic acids is 1. The lowest BCUT2D eigenvalue weighted by atomic mass is 10.1. The number of thiazole rings is 1. The van der Waals surface area contributed by atoms with Crippen molar-refractivity contribution in [3.05, 3.63) is 29.1 Å². The van der Waals surface area contributed by atoms with Gasteiger partial charge in [0.1, 0.15) is 5.75 Å². The number of aromatic nitrogens is 1. The molecule has 5 nitrogen and oxygen atoms in total. The van der Waals surface area contributed by atoms with Crippen molar-refractivity contribution in [2.45, 2.75) is 19.7 Å². The van der Waals surface area contributed by atoms with Crippen molar-refractivity contribution >= 4 is 22.4 Å². The van der Waals surface area contributed by atoms with E-state index in [-0.39, 0.29) is 10.9 Å². The summed E-state index contributed by atoms with van der Waals surface area (Å²) < 4.78 is 64.6. The Morgan fingerprint density at radius 1 is 1.27 bits per heavy atom. The number of hydrogen-bond donors (Lipinski definition) is 2. The Morgan fingerprint density at radius 2 is 1.92 bits per heavy atom. The summed E-state index contributed by atoms with van der Waals surface area (Å²) in [6, 6.07) is 5.80. The minimum absolute atomic E-state index is 0.000831. The number of benzene rings is 1. The lowest BCUT2D eigenvalue weighted by Crippen LogP contribution is -2.35. The number of carbonyl (C=O) groups is 1. The summed E-state index contributed by atoms with van der Waals surface area (Å²) in [6.45, 7) is -2.95. The third kappa shape index (κ3) is 6.23. The van der Waals surface area contributed by atoms with E-state index in [9.17, 15) is 26.7 Å². The summed E-state index contributed by atoms with van der Waals surface area (Å²) in [6.07, 6.45) is -4.40. The van der Waals surface area contributed by atoms with Crippen LogP contribution in [-0.4, -0.2) is 36.8 Å². The molecule has 11 heteroatoms. The summed E-state index contributed by atoms with van der Waals surface area (Å²) in [5, 5.41) is 4.62. The number of ether oxygens (including phenoxy) is 1. The largest absolute Gasteiger partial charge is 0.435 e. The van der Waals surface area contributed by atoms with Gasteiger partial charge in [-0.15, -0.1) is 11.3 Å². The van der Waals surface area contributed by atoms with Gasteiger partial charge in [-0.3, -0.25) is 4.79 Å². The molecule has 0 aliphatic rings. The molecular weight excluding hydrogens is 381 g/mol. The predicted molar refractivity (Wildman–Crippen MR) is 86.5 cm³/mol. The maximum Gasteiger partial charge on any atom is 0.401 e. The average Bonchev–Trinajstić information content (AvgIpc) is 2.86. The van der Waals surface area contributed by atoms with Crippen LogP contribution in [0.25, 0.3) is 11.3 Å². The second-order valence-electron chi connectivity index (χ2n) is 5.09. The Morgan fingerprint density at radius 3 is 2.50 bits per heavy atom. The monoisotopic (exact) mass is 395 g/mol. The molecule has 0 fully saturated rings. The number of nitrogens with zero attached hydrogens (tertiary/aromatic N) is 1. The first-order chi connectivity index (χ1) is 12.1. The van der Waals surface area contributed by atoms with Gasteiger partial charge in [-0.25, -0.2) is 4.98 Å². The zero-order valence-corrected chi connectivity index (χ0v) is 14.2. The maximum atomic E-state index is 12.1. The van der Waals surface area contributed by atoms with Crippen molar-refractivity contribution < 1.29 is 31.5 Å². The van der Waals surface area contributed by atoms with E-state index in [0.29, 0.717) is 11.3 Å². The van der Waals surface area contributed by atoms with Gasteiger partial charge in [0.2, 0.25) is 5.91 Å². The van der Waals surface area contributed by atoms with Gasteiger partial charge in [-0.05, 0) is 31.2 Å². The van der Waals surface area contributed by atoms with Gasteiger partial charge in [-0.2, -0.15) is 22.0 Å². The topological polar surface area (TPSA) is 63.2 Å². The normalized spacial score (nSPS) is 11.7. The van der Waals surface area contributed by atoms with Gasteiger partial charge >= 0.3 is 12.8 Å². The van der Waals surface area contributed by atoms with Gasteiger partial charge in [0.25, 0.3) is 0 Å². The lowest BCUT2D eigenvalue weighted by molar-refractivity contribution is -0.127. The van der Waals surface area contributed by atoms with E-state index in [1.54, 1.807) is 6.92 Å². The smallest absolute Gasteiger partial charge is 0.401 e. The second-order valence-corrected chi connectivity index (χ2v) is 6.30. The fraction of sp³-hybridized carbons (Fsp3) is 0.333. The molecule has 0 atom stereocenters. The molecule has 0 aliphatic heterocycles. The Labute approximate surface area is 149 Å². The molecule has 26 heavy (non-hydrogen) atoms. The fourth-order valence-corrected chi connectivity index (χ4v) is 2.85. The zero-order chi connectivity index (χ0) is 19.3. The minimum atomic E-state index is -4.40. The highest BCUT2D eigenvalue weighted by atomic mass is 32.1. The van der Waals surface area contributed by atoms with E-state index in [2.05, 4.69) is 15.0 Å². The quantitative estimate of drug-likeness (QED) is 0.700. The zero-order valence-electron chi connectivity index (χ0n) is 13.4. The van der Waals surface area contributed by atoms with Crippen LogP contribution in [0.2, 0.25) is 0 Å². The van der Waals surface area contributed by atoms with Crippen LogP contribution in [0.3, 0.4) is 0 Å². The molecule has 2 aromatic rings. The van der Waals surface area contributed by atoms with E-state index in [1.807, 2.05) is 5.32 Å². The molecule has 2 rings (SSSR count). The van der Waals surface area contributed by atoms with Gasteiger partial charge < -0.3 is 15.4 Å². The molecule has 0 unspecified atom stereocenters. The van der Waals surface area contributed by atoms with Crippen LogP contribution in [0.5, 0.6) is 5.75 Å².